The Morgan fingerprint density at radius 1 is 0.824 bits per heavy atom. The Morgan fingerprint density at radius 3 is 1.47 bits per heavy atom. The quantitative estimate of drug-likeness (QED) is 0.784. The summed E-state index contributed by atoms with van der Waals surface area (Å²) in [6.07, 6.45) is 0. The van der Waals surface area contributed by atoms with Gasteiger partial charge >= 0.3 is 17.8 Å². The predicted molar refractivity (Wildman–Crippen MR) is 53.7 cm³/mol. The molecule has 0 saturated carbocycles. The van der Waals surface area contributed by atoms with E-state index in [9.17, 15) is 24.2 Å². The minimum Gasteiger partial charge on any atom is -0.478 e. The van der Waals surface area contributed by atoms with Gasteiger partial charge in [0.05, 0.1) is 5.56 Å². The molecule has 17 heavy (non-hydrogen) atoms. The molecule has 0 aliphatic heterocycles. The molecule has 0 bridgehead atoms. The van der Waals surface area contributed by atoms with Gasteiger partial charge in [0.25, 0.3) is 0 Å². The number of carboxylic acids is 1. The number of carbonyl (C=O) groups is 3. The van der Waals surface area contributed by atoms with Crippen LogP contribution in [0.4, 0.5) is 0 Å². The molecule has 0 aliphatic carbocycles. The zero-order chi connectivity index (χ0) is 13.0. The third kappa shape index (κ3) is 2.62. The van der Waals surface area contributed by atoms with Gasteiger partial charge in [0, 0.05) is 21.5 Å². The second-order valence-electron chi connectivity index (χ2n) is 2.90. The molecule has 2 amide bonds. The lowest BCUT2D eigenvalue weighted by atomic mass is 10.0. The van der Waals surface area contributed by atoms with Gasteiger partial charge in [0.1, 0.15) is 0 Å². The minimum absolute atomic E-state index is 0.396. The number of rotatable bonds is 3. The van der Waals surface area contributed by atoms with Crippen LogP contribution < -0.4 is 0 Å². The smallest absolute Gasteiger partial charge is 0.335 e. The molecular formula is C9H4N2O6. The van der Waals surface area contributed by atoms with Crippen LogP contribution in [0.2, 0.25) is 0 Å². The molecule has 0 fully saturated rings. The molecule has 0 aliphatic rings. The Bertz CT molecular complexity index is 498. The molecular weight excluding hydrogens is 232 g/mol. The van der Waals surface area contributed by atoms with Crippen LogP contribution in [0.5, 0.6) is 0 Å². The molecule has 0 heterocycles. The van der Waals surface area contributed by atoms with Crippen molar-refractivity contribution in [1.29, 1.82) is 0 Å². The highest BCUT2D eigenvalue weighted by Gasteiger charge is 2.16. The normalized spacial score (nSPS) is 9.41. The minimum atomic E-state index is -1.43. The summed E-state index contributed by atoms with van der Waals surface area (Å²) >= 11 is 0. The van der Waals surface area contributed by atoms with Crippen LogP contribution in [0.1, 0.15) is 31.1 Å². The van der Waals surface area contributed by atoms with Crippen LogP contribution >= 0.6 is 0 Å². The summed E-state index contributed by atoms with van der Waals surface area (Å²) in [6, 6.07) is 2.61. The van der Waals surface area contributed by atoms with Crippen molar-refractivity contribution in [2.45, 2.75) is 0 Å². The summed E-state index contributed by atoms with van der Waals surface area (Å²) in [5, 5.41) is 12.9. The number of amides is 2. The van der Waals surface area contributed by atoms with E-state index < -0.39 is 34.5 Å². The molecule has 0 radical (unpaired) electrons. The molecule has 0 atom stereocenters. The highest BCUT2D eigenvalue weighted by atomic mass is 16.4. The molecule has 8 heteroatoms. The van der Waals surface area contributed by atoms with E-state index in [1.807, 2.05) is 0 Å². The van der Waals surface area contributed by atoms with E-state index in [4.69, 9.17) is 5.11 Å². The Balaban J connectivity index is 3.43. The summed E-state index contributed by atoms with van der Waals surface area (Å²) in [4.78, 5) is 52.6. The van der Waals surface area contributed by atoms with Crippen LogP contribution in [-0.2, 0) is 0 Å². The zero-order valence-corrected chi connectivity index (χ0v) is 8.11. The van der Waals surface area contributed by atoms with E-state index in [0.717, 1.165) is 18.2 Å². The summed E-state index contributed by atoms with van der Waals surface area (Å²) in [6.45, 7) is 0. The van der Waals surface area contributed by atoms with Gasteiger partial charge in [-0.05, 0) is 18.2 Å². The van der Waals surface area contributed by atoms with E-state index in [-0.39, 0.29) is 0 Å². The first-order valence-electron chi connectivity index (χ1n) is 4.13. The standard InChI is InChI=1S/C9H4N2O6/c12-7(10-16)4-1-5(8(13)11-17)3-6(2-4)9(14)15/h1-3H,(H,14,15). The fraction of sp³-hybridized carbons (Fsp3) is 0. The lowest BCUT2D eigenvalue weighted by Crippen LogP contribution is -2.05. The van der Waals surface area contributed by atoms with E-state index in [2.05, 4.69) is 10.4 Å². The monoisotopic (exact) mass is 236 g/mol. The molecule has 0 spiro atoms. The first-order chi connectivity index (χ1) is 7.99. The van der Waals surface area contributed by atoms with E-state index in [1.54, 1.807) is 0 Å². The van der Waals surface area contributed by atoms with Gasteiger partial charge in [-0.15, -0.1) is 9.81 Å². The molecule has 1 aromatic carbocycles. The molecule has 1 rings (SSSR count). The fourth-order valence-electron chi connectivity index (χ4n) is 1.10. The van der Waals surface area contributed by atoms with Crippen molar-refractivity contribution in [3.63, 3.8) is 0 Å². The van der Waals surface area contributed by atoms with Gasteiger partial charge in [0.15, 0.2) is 0 Å². The zero-order valence-electron chi connectivity index (χ0n) is 8.11. The molecule has 0 aromatic heterocycles. The molecule has 1 N–H and O–H groups in total. The number of hydrogen-bond acceptors (Lipinski definition) is 5. The highest BCUT2D eigenvalue weighted by molar-refractivity contribution is 6.03. The second-order valence-corrected chi connectivity index (χ2v) is 2.90. The Hall–Kier alpha value is -2.77. The van der Waals surface area contributed by atoms with Crippen LogP contribution in [-0.4, -0.2) is 22.9 Å². The molecule has 1 aromatic rings. The summed E-state index contributed by atoms with van der Waals surface area (Å²) in [7, 11) is 0. The number of carboxylic acid groups (broad SMARTS) is 1. The van der Waals surface area contributed by atoms with E-state index >= 15 is 0 Å². The lowest BCUT2D eigenvalue weighted by molar-refractivity contribution is 0.0697. The van der Waals surface area contributed by atoms with Gasteiger partial charge in [-0.1, -0.05) is 0 Å². The molecule has 8 nitrogen and oxygen atoms in total. The first kappa shape index (κ1) is 12.3. The van der Waals surface area contributed by atoms with Crippen LogP contribution in [0, 0.1) is 9.81 Å². The number of aromatic carboxylic acids is 1. The number of nitrogens with zero attached hydrogens (tertiary/aromatic N) is 2. The first-order valence-corrected chi connectivity index (χ1v) is 4.13. The fourth-order valence-corrected chi connectivity index (χ4v) is 1.10. The van der Waals surface area contributed by atoms with Gasteiger partial charge in [-0.2, -0.15) is 0 Å². The van der Waals surface area contributed by atoms with Crippen molar-refractivity contribution >= 4 is 17.8 Å². The number of benzene rings is 1. The average Bonchev–Trinajstić information content (AvgIpc) is 2.36. The van der Waals surface area contributed by atoms with E-state index in [1.165, 1.54) is 0 Å². The summed E-state index contributed by atoms with van der Waals surface area (Å²) < 4.78 is 0. The van der Waals surface area contributed by atoms with Crippen molar-refractivity contribution in [2.75, 3.05) is 0 Å². The van der Waals surface area contributed by atoms with Gasteiger partial charge < -0.3 is 5.11 Å². The van der Waals surface area contributed by atoms with Crippen LogP contribution in [0.3, 0.4) is 0 Å². The molecule has 86 valence electrons. The third-order valence-corrected chi connectivity index (χ3v) is 1.84. The number of hydrogen-bond donors (Lipinski definition) is 1. The largest absolute Gasteiger partial charge is 0.478 e. The second kappa shape index (κ2) is 4.84. The van der Waals surface area contributed by atoms with Crippen molar-refractivity contribution in [1.82, 2.24) is 0 Å². The SMILES string of the molecule is O=NC(=O)c1cc(C(=O)O)cc(C(=O)N=O)c1. The van der Waals surface area contributed by atoms with Crippen LogP contribution in [0.25, 0.3) is 0 Å². The maximum absolute atomic E-state index is 11.0. The third-order valence-electron chi connectivity index (χ3n) is 1.84. The van der Waals surface area contributed by atoms with Gasteiger partial charge in [0.2, 0.25) is 0 Å². The van der Waals surface area contributed by atoms with Gasteiger partial charge in [-0.3, -0.25) is 9.59 Å². The van der Waals surface area contributed by atoms with Crippen LogP contribution in [0.15, 0.2) is 28.6 Å². The van der Waals surface area contributed by atoms with E-state index in [0.29, 0.717) is 0 Å². The van der Waals surface area contributed by atoms with Crippen molar-refractivity contribution < 1.29 is 19.5 Å². The number of carbonyl (C=O) groups excluding carboxylic acids is 2. The summed E-state index contributed by atoms with van der Waals surface area (Å²) in [5.74, 6) is -3.91. The maximum atomic E-state index is 11.0. The Labute approximate surface area is 93.2 Å². The predicted octanol–water partition coefficient (Wildman–Crippen LogP) is 1.20. The van der Waals surface area contributed by atoms with Crippen molar-refractivity contribution in [3.05, 3.63) is 44.7 Å². The summed E-state index contributed by atoms with van der Waals surface area (Å²) in [5.41, 5.74) is -1.22. The lowest BCUT2D eigenvalue weighted by Gasteiger charge is -2.00. The molecule has 0 saturated heterocycles. The number of nitroso groups, excluding NO2 is 2. The topological polar surface area (TPSA) is 130 Å². The maximum Gasteiger partial charge on any atom is 0.335 e. The molecule has 0 unspecified atom stereocenters. The van der Waals surface area contributed by atoms with Crippen molar-refractivity contribution in [2.24, 2.45) is 10.4 Å². The Morgan fingerprint density at radius 2 is 1.18 bits per heavy atom. The van der Waals surface area contributed by atoms with Crippen molar-refractivity contribution in [3.8, 4) is 0 Å². The average molecular weight is 236 g/mol. The van der Waals surface area contributed by atoms with Gasteiger partial charge in [-0.25, -0.2) is 4.79 Å². The highest BCUT2D eigenvalue weighted by Crippen LogP contribution is 2.13. The Kier molecular flexibility index (Phi) is 3.50.